The van der Waals surface area contributed by atoms with E-state index in [2.05, 4.69) is 15.5 Å². The number of nitrogens with two attached hydrogens (primary N) is 1. The lowest BCUT2D eigenvalue weighted by atomic mass is 10.1. The molecule has 0 radical (unpaired) electrons. The highest BCUT2D eigenvalue weighted by atomic mass is 32.1. The number of amides is 1. The molecule has 1 aromatic heterocycles. The fourth-order valence-electron chi connectivity index (χ4n) is 1.46. The van der Waals surface area contributed by atoms with Gasteiger partial charge < -0.3 is 11.1 Å². The number of carbonyl (C=O) groups is 1. The Hall–Kier alpha value is -2.21. The second-order valence-corrected chi connectivity index (χ2v) is 4.28. The van der Waals surface area contributed by atoms with Crippen LogP contribution in [0.15, 0.2) is 30.5 Å². The number of thiocarbonyl (C=S) groups is 1. The summed E-state index contributed by atoms with van der Waals surface area (Å²) < 4.78 is 0. The van der Waals surface area contributed by atoms with Crippen LogP contribution in [0, 0.1) is 6.92 Å². The zero-order valence-electron chi connectivity index (χ0n) is 9.73. The predicted octanol–water partition coefficient (Wildman–Crippen LogP) is 1.60. The number of carbonyl (C=O) groups excluding carboxylic acids is 1. The quantitative estimate of drug-likeness (QED) is 0.732. The van der Waals surface area contributed by atoms with Crippen molar-refractivity contribution in [3.05, 3.63) is 47.2 Å². The normalized spacial score (nSPS) is 10.1. The van der Waals surface area contributed by atoms with E-state index in [0.29, 0.717) is 16.9 Å². The molecule has 4 N–H and O–H groups in total. The molecule has 1 amide bonds. The summed E-state index contributed by atoms with van der Waals surface area (Å²) in [4.78, 5) is 12.1. The molecule has 2 rings (SSSR count). The van der Waals surface area contributed by atoms with Crippen LogP contribution in [0.5, 0.6) is 0 Å². The molecule has 0 saturated carbocycles. The van der Waals surface area contributed by atoms with Gasteiger partial charge in [-0.25, -0.2) is 0 Å². The van der Waals surface area contributed by atoms with E-state index in [4.69, 9.17) is 18.0 Å². The van der Waals surface area contributed by atoms with Gasteiger partial charge in [0.25, 0.3) is 5.91 Å². The van der Waals surface area contributed by atoms with Crippen molar-refractivity contribution < 1.29 is 4.79 Å². The minimum atomic E-state index is -0.239. The lowest BCUT2D eigenvalue weighted by Gasteiger charge is -2.05. The van der Waals surface area contributed by atoms with E-state index in [0.717, 1.165) is 5.56 Å². The second-order valence-electron chi connectivity index (χ2n) is 3.84. The Morgan fingerprint density at radius 3 is 2.67 bits per heavy atom. The molecule has 92 valence electrons. The summed E-state index contributed by atoms with van der Waals surface area (Å²) in [5, 5.41) is 9.13. The van der Waals surface area contributed by atoms with Gasteiger partial charge in [0.05, 0.1) is 11.8 Å². The van der Waals surface area contributed by atoms with Crippen LogP contribution in [-0.2, 0) is 0 Å². The number of hydrogen-bond acceptors (Lipinski definition) is 3. The number of nitrogens with one attached hydrogen (secondary N) is 2. The molecule has 0 aliphatic heterocycles. The molecular weight excluding hydrogens is 248 g/mol. The number of hydrogen-bond donors (Lipinski definition) is 3. The van der Waals surface area contributed by atoms with E-state index in [-0.39, 0.29) is 10.9 Å². The van der Waals surface area contributed by atoms with E-state index in [1.165, 1.54) is 6.20 Å². The second kappa shape index (κ2) is 4.97. The molecule has 6 heteroatoms. The Morgan fingerprint density at radius 1 is 1.39 bits per heavy atom. The van der Waals surface area contributed by atoms with Gasteiger partial charge in [-0.15, -0.1) is 0 Å². The van der Waals surface area contributed by atoms with Crippen LogP contribution in [0.1, 0.15) is 21.5 Å². The molecule has 0 unspecified atom stereocenters. The van der Waals surface area contributed by atoms with Crippen LogP contribution >= 0.6 is 12.2 Å². The summed E-state index contributed by atoms with van der Waals surface area (Å²) in [6, 6.07) is 7.25. The largest absolute Gasteiger partial charge is 0.389 e. The van der Waals surface area contributed by atoms with E-state index < -0.39 is 0 Å². The molecule has 18 heavy (non-hydrogen) atoms. The first-order valence-electron chi connectivity index (χ1n) is 5.29. The van der Waals surface area contributed by atoms with Gasteiger partial charge in [0, 0.05) is 5.56 Å². The fraction of sp³-hybridized carbons (Fsp3) is 0.0833. The van der Waals surface area contributed by atoms with E-state index in [1.807, 2.05) is 19.1 Å². The number of aromatic nitrogens is 2. The molecule has 0 aliphatic rings. The zero-order valence-corrected chi connectivity index (χ0v) is 10.5. The van der Waals surface area contributed by atoms with Crippen LogP contribution < -0.4 is 11.1 Å². The van der Waals surface area contributed by atoms with E-state index in [1.54, 1.807) is 12.1 Å². The van der Waals surface area contributed by atoms with Gasteiger partial charge >= 0.3 is 0 Å². The van der Waals surface area contributed by atoms with Crippen LogP contribution in [0.2, 0.25) is 0 Å². The molecule has 1 aromatic carbocycles. The van der Waals surface area contributed by atoms with Gasteiger partial charge in [-0.3, -0.25) is 9.89 Å². The number of anilines is 1. The number of benzene rings is 1. The van der Waals surface area contributed by atoms with E-state index in [9.17, 15) is 4.79 Å². The molecule has 0 spiro atoms. The number of H-pyrrole nitrogens is 1. The van der Waals surface area contributed by atoms with Gasteiger partial charge in [0.1, 0.15) is 10.8 Å². The average molecular weight is 260 g/mol. The molecule has 2 aromatic rings. The summed E-state index contributed by atoms with van der Waals surface area (Å²) in [5.74, 6) is 0.171. The Kier molecular flexibility index (Phi) is 3.38. The molecule has 0 aliphatic carbocycles. The SMILES string of the molecule is Cc1ccc(C(=O)Nc2[nH]ncc2C(N)=S)cc1. The lowest BCUT2D eigenvalue weighted by molar-refractivity contribution is 0.102. The van der Waals surface area contributed by atoms with Crippen molar-refractivity contribution in [1.82, 2.24) is 10.2 Å². The topological polar surface area (TPSA) is 83.8 Å². The molecule has 0 fully saturated rings. The number of aromatic amines is 1. The molecule has 5 nitrogen and oxygen atoms in total. The fourth-order valence-corrected chi connectivity index (χ4v) is 1.61. The highest BCUT2D eigenvalue weighted by molar-refractivity contribution is 7.80. The zero-order chi connectivity index (χ0) is 13.1. The monoisotopic (exact) mass is 260 g/mol. The maximum absolute atomic E-state index is 12.0. The molecular formula is C12H12N4OS. The van der Waals surface area contributed by atoms with Gasteiger partial charge in [-0.1, -0.05) is 29.9 Å². The first-order chi connectivity index (χ1) is 8.58. The van der Waals surface area contributed by atoms with Crippen molar-refractivity contribution in [2.45, 2.75) is 6.92 Å². The maximum Gasteiger partial charge on any atom is 0.256 e. The van der Waals surface area contributed by atoms with E-state index >= 15 is 0 Å². The maximum atomic E-state index is 12.0. The number of nitrogens with zero attached hydrogens (tertiary/aromatic N) is 1. The van der Waals surface area contributed by atoms with Crippen molar-refractivity contribution in [2.75, 3.05) is 5.32 Å². The molecule has 0 atom stereocenters. The van der Waals surface area contributed by atoms with Gasteiger partial charge in [0.2, 0.25) is 0 Å². The summed E-state index contributed by atoms with van der Waals surface area (Å²) in [6.45, 7) is 1.96. The minimum absolute atomic E-state index is 0.183. The van der Waals surface area contributed by atoms with Crippen molar-refractivity contribution >= 4 is 28.9 Å². The summed E-state index contributed by atoms with van der Waals surface area (Å²) in [7, 11) is 0. The number of aryl methyl sites for hydroxylation is 1. The van der Waals surface area contributed by atoms with Crippen LogP contribution in [0.4, 0.5) is 5.82 Å². The predicted molar refractivity (Wildman–Crippen MR) is 73.6 cm³/mol. The van der Waals surface area contributed by atoms with Crippen molar-refractivity contribution in [3.8, 4) is 0 Å². The molecule has 1 heterocycles. The van der Waals surface area contributed by atoms with Gasteiger partial charge in [-0.05, 0) is 19.1 Å². The van der Waals surface area contributed by atoms with Crippen molar-refractivity contribution in [1.29, 1.82) is 0 Å². The third kappa shape index (κ3) is 2.54. The van der Waals surface area contributed by atoms with Crippen LogP contribution in [-0.4, -0.2) is 21.1 Å². The Bertz CT molecular complexity index is 588. The highest BCUT2D eigenvalue weighted by Crippen LogP contribution is 2.12. The van der Waals surface area contributed by atoms with Gasteiger partial charge in [0.15, 0.2) is 0 Å². The summed E-state index contributed by atoms with van der Waals surface area (Å²) in [6.07, 6.45) is 1.48. The third-order valence-corrected chi connectivity index (χ3v) is 2.68. The standard InChI is InChI=1S/C12H12N4OS/c1-7-2-4-8(5-3-7)12(17)15-11-9(10(13)18)6-14-16-11/h2-6H,1H3,(H2,13,18)(H2,14,15,16,17). The minimum Gasteiger partial charge on any atom is -0.389 e. The van der Waals surface area contributed by atoms with Gasteiger partial charge in [-0.2, -0.15) is 5.10 Å². The Balaban J connectivity index is 2.19. The van der Waals surface area contributed by atoms with Crippen molar-refractivity contribution in [3.63, 3.8) is 0 Å². The molecule has 0 saturated heterocycles. The number of rotatable bonds is 3. The summed E-state index contributed by atoms with van der Waals surface area (Å²) in [5.41, 5.74) is 7.69. The van der Waals surface area contributed by atoms with Crippen LogP contribution in [0.25, 0.3) is 0 Å². The Labute approximate surface area is 109 Å². The first kappa shape index (κ1) is 12.3. The lowest BCUT2D eigenvalue weighted by Crippen LogP contribution is -2.16. The first-order valence-corrected chi connectivity index (χ1v) is 5.70. The summed E-state index contributed by atoms with van der Waals surface area (Å²) >= 11 is 4.86. The highest BCUT2D eigenvalue weighted by Gasteiger charge is 2.12. The Morgan fingerprint density at radius 2 is 2.06 bits per heavy atom. The van der Waals surface area contributed by atoms with Crippen LogP contribution in [0.3, 0.4) is 0 Å². The third-order valence-electron chi connectivity index (χ3n) is 2.46. The molecule has 0 bridgehead atoms. The van der Waals surface area contributed by atoms with Crippen molar-refractivity contribution in [2.24, 2.45) is 5.73 Å². The smallest absolute Gasteiger partial charge is 0.256 e. The average Bonchev–Trinajstić information content (AvgIpc) is 2.78.